The van der Waals surface area contributed by atoms with E-state index in [0.29, 0.717) is 0 Å². The zero-order valence-corrected chi connectivity index (χ0v) is 6.77. The highest BCUT2D eigenvalue weighted by Crippen LogP contribution is 2.18. The largest absolute Gasteiger partial charge is 0.285 e. The number of hydrogen-bond donors (Lipinski definition) is 0. The lowest BCUT2D eigenvalue weighted by Crippen LogP contribution is -2.34. The highest BCUT2D eigenvalue weighted by molar-refractivity contribution is 7.13. The first kappa shape index (κ1) is 6.71. The van der Waals surface area contributed by atoms with Crippen molar-refractivity contribution < 1.29 is 0 Å². The number of quaternary nitrogens is 1. The summed E-state index contributed by atoms with van der Waals surface area (Å²) in [7, 11) is 6.33. The zero-order valence-electron chi connectivity index (χ0n) is 5.96. The van der Waals surface area contributed by atoms with Gasteiger partial charge in [0.1, 0.15) is 0 Å². The Morgan fingerprint density at radius 1 is 1.44 bits per heavy atom. The van der Waals surface area contributed by atoms with E-state index in [-0.39, 0.29) is 0 Å². The Bertz CT molecular complexity index is 173. The molecule has 0 aliphatic rings. The fraction of sp³-hybridized carbons (Fsp3) is 0.500. The monoisotopic (exact) mass is 143 g/mol. The number of thiazole rings is 1. The van der Waals surface area contributed by atoms with Crippen LogP contribution in [0.1, 0.15) is 0 Å². The molecule has 0 N–H and O–H groups in total. The van der Waals surface area contributed by atoms with Crippen LogP contribution in [0.15, 0.2) is 11.6 Å². The minimum atomic E-state index is 0.817. The smallest absolute Gasteiger partial charge is 0.273 e. The number of rotatable bonds is 1. The Morgan fingerprint density at radius 2 is 2.11 bits per heavy atom. The summed E-state index contributed by atoms with van der Waals surface area (Å²) in [4.78, 5) is 4.18. The van der Waals surface area contributed by atoms with Gasteiger partial charge in [0.05, 0.1) is 21.1 Å². The first-order valence-corrected chi connectivity index (χ1v) is 3.70. The van der Waals surface area contributed by atoms with E-state index in [0.717, 1.165) is 9.61 Å². The molecule has 1 rings (SSSR count). The van der Waals surface area contributed by atoms with Gasteiger partial charge in [-0.1, -0.05) is 11.3 Å². The molecule has 0 bridgehead atoms. The van der Waals surface area contributed by atoms with Crippen molar-refractivity contribution in [1.82, 2.24) is 9.47 Å². The number of nitrogens with zero attached hydrogens (tertiary/aromatic N) is 2. The van der Waals surface area contributed by atoms with E-state index < -0.39 is 0 Å². The third kappa shape index (κ3) is 1.50. The molecule has 50 valence electrons. The molecule has 0 saturated heterocycles. The van der Waals surface area contributed by atoms with Gasteiger partial charge in [0.2, 0.25) is 0 Å². The molecule has 0 amide bonds. The second-order valence-corrected chi connectivity index (χ2v) is 3.70. The van der Waals surface area contributed by atoms with Gasteiger partial charge in [0, 0.05) is 11.6 Å². The highest BCUT2D eigenvalue weighted by Gasteiger charge is 2.13. The molecule has 1 aromatic heterocycles. The summed E-state index contributed by atoms with van der Waals surface area (Å²) in [6.07, 6.45) is 1.84. The number of hydrogen-bond acceptors (Lipinski definition) is 2. The topological polar surface area (TPSA) is 12.9 Å². The van der Waals surface area contributed by atoms with Gasteiger partial charge in [0.15, 0.2) is 0 Å². The molecular formula is C6H11N2S+. The van der Waals surface area contributed by atoms with Gasteiger partial charge in [0.25, 0.3) is 5.13 Å². The fourth-order valence-electron chi connectivity index (χ4n) is 0.547. The maximum absolute atomic E-state index is 4.18. The molecule has 1 aromatic rings. The van der Waals surface area contributed by atoms with Crippen LogP contribution in [-0.4, -0.2) is 26.1 Å². The van der Waals surface area contributed by atoms with Crippen molar-refractivity contribution in [3.05, 3.63) is 11.6 Å². The summed E-state index contributed by atoms with van der Waals surface area (Å²) < 4.78 is 0.817. The van der Waals surface area contributed by atoms with Crippen LogP contribution < -0.4 is 4.48 Å². The zero-order chi connectivity index (χ0) is 6.91. The Kier molecular flexibility index (Phi) is 1.55. The fourth-order valence-corrected chi connectivity index (χ4v) is 1.23. The van der Waals surface area contributed by atoms with Gasteiger partial charge in [-0.05, 0) is 0 Å². The van der Waals surface area contributed by atoms with Crippen molar-refractivity contribution >= 4 is 16.5 Å². The molecule has 0 unspecified atom stereocenters. The van der Waals surface area contributed by atoms with E-state index in [9.17, 15) is 0 Å². The van der Waals surface area contributed by atoms with Gasteiger partial charge in [-0.3, -0.25) is 4.48 Å². The van der Waals surface area contributed by atoms with Crippen LogP contribution in [0.3, 0.4) is 0 Å². The highest BCUT2D eigenvalue weighted by atomic mass is 32.1. The van der Waals surface area contributed by atoms with E-state index in [2.05, 4.69) is 26.1 Å². The van der Waals surface area contributed by atoms with Crippen molar-refractivity contribution in [2.24, 2.45) is 0 Å². The van der Waals surface area contributed by atoms with Gasteiger partial charge in [-0.25, -0.2) is 0 Å². The van der Waals surface area contributed by atoms with Crippen LogP contribution in [0.4, 0.5) is 5.13 Å². The van der Waals surface area contributed by atoms with E-state index >= 15 is 0 Å². The first-order valence-electron chi connectivity index (χ1n) is 2.82. The van der Waals surface area contributed by atoms with Gasteiger partial charge < -0.3 is 0 Å². The van der Waals surface area contributed by atoms with Crippen LogP contribution in [0, 0.1) is 0 Å². The Labute approximate surface area is 59.4 Å². The Hall–Kier alpha value is -0.410. The summed E-state index contributed by atoms with van der Waals surface area (Å²) in [5, 5.41) is 3.15. The van der Waals surface area contributed by atoms with Crippen LogP contribution in [0.25, 0.3) is 0 Å². The average molecular weight is 143 g/mol. The molecule has 9 heavy (non-hydrogen) atoms. The second kappa shape index (κ2) is 2.08. The lowest BCUT2D eigenvalue weighted by atomic mass is 10.7. The van der Waals surface area contributed by atoms with Crippen molar-refractivity contribution in [3.8, 4) is 0 Å². The molecule has 3 heteroatoms. The molecule has 0 radical (unpaired) electrons. The molecule has 1 heterocycles. The third-order valence-electron chi connectivity index (χ3n) is 0.993. The van der Waals surface area contributed by atoms with Gasteiger partial charge in [-0.15, -0.1) is 0 Å². The molecular weight excluding hydrogens is 132 g/mol. The standard InChI is InChI=1S/C6H11N2S/c1-8(2,3)6-7-4-5-9-6/h4-5H,1-3H3/q+1. The predicted molar refractivity (Wildman–Crippen MR) is 41.7 cm³/mol. The Morgan fingerprint density at radius 3 is 2.33 bits per heavy atom. The van der Waals surface area contributed by atoms with Crippen LogP contribution in [0.2, 0.25) is 0 Å². The average Bonchev–Trinajstić information content (AvgIpc) is 2.08. The van der Waals surface area contributed by atoms with E-state index in [1.807, 2.05) is 11.6 Å². The number of aromatic nitrogens is 1. The predicted octanol–water partition coefficient (Wildman–Crippen LogP) is 1.34. The van der Waals surface area contributed by atoms with E-state index in [1.165, 1.54) is 0 Å². The van der Waals surface area contributed by atoms with Crippen molar-refractivity contribution in [2.75, 3.05) is 21.1 Å². The summed E-state index contributed by atoms with van der Waals surface area (Å²) in [5.74, 6) is 0. The molecule has 0 fully saturated rings. The lowest BCUT2D eigenvalue weighted by molar-refractivity contribution is 0.484. The second-order valence-electron chi connectivity index (χ2n) is 2.83. The van der Waals surface area contributed by atoms with E-state index in [4.69, 9.17) is 0 Å². The molecule has 0 aliphatic carbocycles. The first-order chi connectivity index (χ1) is 4.11. The molecule has 0 spiro atoms. The molecule has 0 aromatic carbocycles. The molecule has 0 saturated carbocycles. The van der Waals surface area contributed by atoms with E-state index in [1.54, 1.807) is 11.3 Å². The maximum Gasteiger partial charge on any atom is 0.285 e. The summed E-state index contributed by atoms with van der Waals surface area (Å²) >= 11 is 1.69. The van der Waals surface area contributed by atoms with Crippen molar-refractivity contribution in [1.29, 1.82) is 0 Å². The summed E-state index contributed by atoms with van der Waals surface area (Å²) in [5.41, 5.74) is 0. The molecule has 0 atom stereocenters. The maximum atomic E-state index is 4.18. The third-order valence-corrected chi connectivity index (χ3v) is 2.11. The van der Waals surface area contributed by atoms with Crippen molar-refractivity contribution in [3.63, 3.8) is 0 Å². The van der Waals surface area contributed by atoms with Crippen LogP contribution in [0.5, 0.6) is 0 Å². The van der Waals surface area contributed by atoms with Gasteiger partial charge >= 0.3 is 0 Å². The quantitative estimate of drug-likeness (QED) is 0.541. The molecule has 0 aliphatic heterocycles. The summed E-state index contributed by atoms with van der Waals surface area (Å²) in [6.45, 7) is 0. The Balaban J connectivity index is 2.90. The molecule has 2 nitrogen and oxygen atoms in total. The van der Waals surface area contributed by atoms with Crippen LogP contribution >= 0.6 is 11.3 Å². The summed E-state index contributed by atoms with van der Waals surface area (Å²) in [6, 6.07) is 0. The minimum Gasteiger partial charge on any atom is -0.273 e. The lowest BCUT2D eigenvalue weighted by Gasteiger charge is -2.18. The van der Waals surface area contributed by atoms with Crippen LogP contribution in [-0.2, 0) is 0 Å². The van der Waals surface area contributed by atoms with Crippen molar-refractivity contribution in [2.45, 2.75) is 0 Å². The minimum absolute atomic E-state index is 0.817. The normalized spacial score (nSPS) is 11.9. The SMILES string of the molecule is C[N+](C)(C)c1nccs1. The van der Waals surface area contributed by atoms with Gasteiger partial charge in [-0.2, -0.15) is 4.98 Å².